The van der Waals surface area contributed by atoms with E-state index < -0.39 is 17.7 Å². The average molecular weight is 452 g/mol. The summed E-state index contributed by atoms with van der Waals surface area (Å²) in [6.45, 7) is 0. The van der Waals surface area contributed by atoms with Crippen LogP contribution in [0.25, 0.3) is 11.3 Å². The smallest absolute Gasteiger partial charge is 0.207 e. The second-order valence-corrected chi connectivity index (χ2v) is 8.41. The first-order chi connectivity index (χ1) is 15.1. The van der Waals surface area contributed by atoms with Crippen LogP contribution in [0.1, 0.15) is 23.6 Å². The summed E-state index contributed by atoms with van der Waals surface area (Å²) in [4.78, 5) is 4.70. The number of aromatic nitrogens is 1. The fourth-order valence-corrected chi connectivity index (χ4v) is 4.63. The third kappa shape index (κ3) is 3.84. The predicted molar refractivity (Wildman–Crippen MR) is 122 cm³/mol. The standard InChI is InChI=1S/C24H16ClF2N3S/c25-17-11-9-16(10-12-17)21-14-31-24(28-21)30-22(23-18(26)7-4-8-19(23)27)13-20(29-30)15-5-2-1-3-6-15/h1-12,14,22H,13H2. The van der Waals surface area contributed by atoms with Gasteiger partial charge < -0.3 is 0 Å². The zero-order chi connectivity index (χ0) is 21.4. The van der Waals surface area contributed by atoms with Crippen molar-refractivity contribution in [3.63, 3.8) is 0 Å². The minimum Gasteiger partial charge on any atom is -0.231 e. The Labute approximate surface area is 187 Å². The van der Waals surface area contributed by atoms with Crippen LogP contribution in [0.15, 0.2) is 83.3 Å². The van der Waals surface area contributed by atoms with Crippen molar-refractivity contribution in [1.29, 1.82) is 0 Å². The summed E-state index contributed by atoms with van der Waals surface area (Å²) in [7, 11) is 0. The van der Waals surface area contributed by atoms with Gasteiger partial charge in [0.15, 0.2) is 0 Å². The number of halogens is 3. The molecule has 1 unspecified atom stereocenters. The lowest BCUT2D eigenvalue weighted by molar-refractivity contribution is 0.524. The molecule has 0 spiro atoms. The van der Waals surface area contributed by atoms with Crippen LogP contribution >= 0.6 is 22.9 Å². The number of hydrogen-bond donors (Lipinski definition) is 0. The Morgan fingerprint density at radius 1 is 0.871 bits per heavy atom. The molecule has 0 bridgehead atoms. The molecule has 0 aliphatic carbocycles. The highest BCUT2D eigenvalue weighted by molar-refractivity contribution is 7.14. The van der Waals surface area contributed by atoms with Gasteiger partial charge in [-0.2, -0.15) is 5.10 Å². The second-order valence-electron chi connectivity index (χ2n) is 7.13. The van der Waals surface area contributed by atoms with E-state index in [0.29, 0.717) is 16.6 Å². The van der Waals surface area contributed by atoms with Gasteiger partial charge in [0, 0.05) is 28.0 Å². The normalized spacial score (nSPS) is 15.9. The summed E-state index contributed by atoms with van der Waals surface area (Å²) in [6.07, 6.45) is 0.373. The van der Waals surface area contributed by atoms with Crippen LogP contribution in [0.4, 0.5) is 13.9 Å². The topological polar surface area (TPSA) is 28.5 Å². The number of nitrogens with zero attached hydrogens (tertiary/aromatic N) is 3. The number of benzene rings is 3. The highest BCUT2D eigenvalue weighted by Crippen LogP contribution is 2.41. The van der Waals surface area contributed by atoms with E-state index in [1.165, 1.54) is 29.5 Å². The maximum atomic E-state index is 14.7. The van der Waals surface area contributed by atoms with Crippen LogP contribution in [0, 0.1) is 11.6 Å². The Balaban J connectivity index is 1.57. The van der Waals surface area contributed by atoms with Crippen LogP contribution in [0.3, 0.4) is 0 Å². The van der Waals surface area contributed by atoms with Gasteiger partial charge in [0.05, 0.1) is 17.4 Å². The van der Waals surface area contributed by atoms with Gasteiger partial charge in [0.2, 0.25) is 5.13 Å². The summed E-state index contributed by atoms with van der Waals surface area (Å²) in [6, 6.07) is 20.3. The lowest BCUT2D eigenvalue weighted by Gasteiger charge is -2.22. The molecule has 0 radical (unpaired) electrons. The van der Waals surface area contributed by atoms with Crippen molar-refractivity contribution in [2.45, 2.75) is 12.5 Å². The highest BCUT2D eigenvalue weighted by Gasteiger charge is 2.35. The molecule has 0 saturated carbocycles. The molecule has 7 heteroatoms. The number of thiazole rings is 1. The van der Waals surface area contributed by atoms with Crippen molar-refractivity contribution >= 4 is 33.8 Å². The van der Waals surface area contributed by atoms with E-state index >= 15 is 0 Å². The molecule has 154 valence electrons. The SMILES string of the molecule is Fc1cccc(F)c1C1CC(c2ccccc2)=NN1c1nc(-c2ccc(Cl)cc2)cs1. The number of rotatable bonds is 4. The largest absolute Gasteiger partial charge is 0.231 e. The van der Waals surface area contributed by atoms with Crippen LogP contribution in [0.2, 0.25) is 5.02 Å². The molecule has 1 aliphatic rings. The molecule has 5 rings (SSSR count). The van der Waals surface area contributed by atoms with Gasteiger partial charge in [0.1, 0.15) is 11.6 Å². The molecule has 0 N–H and O–H groups in total. The Kier molecular flexibility index (Phi) is 5.26. The molecule has 3 aromatic carbocycles. The van der Waals surface area contributed by atoms with Gasteiger partial charge in [-0.1, -0.05) is 60.1 Å². The first-order valence-corrected chi connectivity index (χ1v) is 10.9. The van der Waals surface area contributed by atoms with E-state index in [4.69, 9.17) is 21.7 Å². The maximum absolute atomic E-state index is 14.7. The lowest BCUT2D eigenvalue weighted by Crippen LogP contribution is -2.20. The third-order valence-electron chi connectivity index (χ3n) is 5.18. The Morgan fingerprint density at radius 2 is 1.58 bits per heavy atom. The monoisotopic (exact) mass is 451 g/mol. The molecule has 1 aromatic heterocycles. The fraction of sp³-hybridized carbons (Fsp3) is 0.0833. The lowest BCUT2D eigenvalue weighted by atomic mass is 9.98. The van der Waals surface area contributed by atoms with Crippen molar-refractivity contribution in [3.8, 4) is 11.3 Å². The van der Waals surface area contributed by atoms with Gasteiger partial charge in [0.25, 0.3) is 0 Å². The number of hydrazone groups is 1. The molecule has 1 aliphatic heterocycles. The molecular weight excluding hydrogens is 436 g/mol. The Bertz CT molecular complexity index is 1240. The van der Waals surface area contributed by atoms with Crippen LogP contribution in [0.5, 0.6) is 0 Å². The molecule has 2 heterocycles. The first-order valence-electron chi connectivity index (χ1n) is 9.67. The van der Waals surface area contributed by atoms with Gasteiger partial charge >= 0.3 is 0 Å². The Morgan fingerprint density at radius 3 is 2.29 bits per heavy atom. The molecule has 31 heavy (non-hydrogen) atoms. The molecule has 1 atom stereocenters. The second kappa shape index (κ2) is 8.21. The highest BCUT2D eigenvalue weighted by atomic mass is 35.5. The van der Waals surface area contributed by atoms with Crippen LogP contribution in [-0.2, 0) is 0 Å². The van der Waals surface area contributed by atoms with Gasteiger partial charge in [-0.25, -0.2) is 18.8 Å². The van der Waals surface area contributed by atoms with Crippen molar-refractivity contribution in [1.82, 2.24) is 4.98 Å². The first kappa shape index (κ1) is 19.8. The average Bonchev–Trinajstić information content (AvgIpc) is 3.43. The quantitative estimate of drug-likeness (QED) is 0.331. The molecule has 0 fully saturated rings. The third-order valence-corrected chi connectivity index (χ3v) is 6.26. The molecule has 0 saturated heterocycles. The van der Waals surface area contributed by atoms with Crippen molar-refractivity contribution in [3.05, 3.63) is 106 Å². The minimum absolute atomic E-state index is 0.000393. The Hall–Kier alpha value is -3.09. The predicted octanol–water partition coefficient (Wildman–Crippen LogP) is 7.10. The zero-order valence-electron chi connectivity index (χ0n) is 16.2. The van der Waals surface area contributed by atoms with E-state index in [9.17, 15) is 8.78 Å². The molecule has 3 nitrogen and oxygen atoms in total. The summed E-state index contributed by atoms with van der Waals surface area (Å²) < 4.78 is 29.4. The summed E-state index contributed by atoms with van der Waals surface area (Å²) in [5.74, 6) is -1.18. The minimum atomic E-state index is -0.624. The van der Waals surface area contributed by atoms with E-state index in [0.717, 1.165) is 22.5 Å². The maximum Gasteiger partial charge on any atom is 0.207 e. The van der Waals surface area contributed by atoms with Crippen LogP contribution in [-0.4, -0.2) is 10.7 Å². The van der Waals surface area contributed by atoms with Gasteiger partial charge in [-0.05, 0) is 29.8 Å². The molecule has 4 aromatic rings. The van der Waals surface area contributed by atoms with Crippen molar-refractivity contribution in [2.24, 2.45) is 5.10 Å². The summed E-state index contributed by atoms with van der Waals surface area (Å²) in [5, 5.41) is 9.49. The van der Waals surface area contributed by atoms with E-state index in [1.54, 1.807) is 17.1 Å². The fourth-order valence-electron chi connectivity index (χ4n) is 3.67. The molecular formula is C24H16ClF2N3S. The van der Waals surface area contributed by atoms with Crippen LogP contribution < -0.4 is 5.01 Å². The summed E-state index contributed by atoms with van der Waals surface area (Å²) in [5.41, 5.74) is 3.35. The zero-order valence-corrected chi connectivity index (χ0v) is 17.7. The van der Waals surface area contributed by atoms with E-state index in [1.807, 2.05) is 47.8 Å². The van der Waals surface area contributed by atoms with Crippen molar-refractivity contribution in [2.75, 3.05) is 5.01 Å². The van der Waals surface area contributed by atoms with Gasteiger partial charge in [-0.3, -0.25) is 0 Å². The number of hydrogen-bond acceptors (Lipinski definition) is 4. The molecule has 0 amide bonds. The van der Waals surface area contributed by atoms with Gasteiger partial charge in [-0.15, -0.1) is 11.3 Å². The number of anilines is 1. The summed E-state index contributed by atoms with van der Waals surface area (Å²) >= 11 is 7.37. The van der Waals surface area contributed by atoms with E-state index in [2.05, 4.69) is 0 Å². The van der Waals surface area contributed by atoms with E-state index in [-0.39, 0.29) is 5.56 Å². The van der Waals surface area contributed by atoms with Crippen molar-refractivity contribution < 1.29 is 8.78 Å².